The number of aliphatic hydroxyl groups excluding tert-OH is 1. The van der Waals surface area contributed by atoms with Crippen LogP contribution in [-0.2, 0) is 14.7 Å². The van der Waals surface area contributed by atoms with Crippen LogP contribution >= 0.6 is 0 Å². The molecule has 3 unspecified atom stereocenters. The number of hydrogen-bond donors (Lipinski definition) is 2. The van der Waals surface area contributed by atoms with Gasteiger partial charge in [-0.1, -0.05) is 46.8 Å². The van der Waals surface area contributed by atoms with Gasteiger partial charge in [-0.2, -0.15) is 0 Å². The summed E-state index contributed by atoms with van der Waals surface area (Å²) < 4.78 is 0. The average molecular weight is 475 g/mol. The second kappa shape index (κ2) is 8.14. The third kappa shape index (κ3) is 3.09. The van der Waals surface area contributed by atoms with Gasteiger partial charge in [-0.15, -0.1) is 6.58 Å². The van der Waals surface area contributed by atoms with Gasteiger partial charge < -0.3 is 5.11 Å². The number of rotatable bonds is 7. The van der Waals surface area contributed by atoms with E-state index >= 15 is 0 Å². The van der Waals surface area contributed by atoms with Gasteiger partial charge in [-0.3, -0.25) is 5.26 Å². The summed E-state index contributed by atoms with van der Waals surface area (Å²) in [4.78, 5) is 17.8. The Hall–Kier alpha value is -0.720. The van der Waals surface area contributed by atoms with Crippen molar-refractivity contribution in [1.29, 1.82) is 0 Å². The van der Waals surface area contributed by atoms with E-state index in [1.165, 1.54) is 12.8 Å². The smallest absolute Gasteiger partial charge is 0.130 e. The lowest BCUT2D eigenvalue weighted by Crippen LogP contribution is -2.73. The Bertz CT molecular complexity index is 840. The highest BCUT2D eigenvalue weighted by Gasteiger charge is 2.74. The second-order valence-electron chi connectivity index (χ2n) is 13.3. The van der Waals surface area contributed by atoms with E-state index in [0.717, 1.165) is 38.5 Å². The second-order valence-corrected chi connectivity index (χ2v) is 13.3. The Morgan fingerprint density at radius 1 is 1.09 bits per heavy atom. The summed E-state index contributed by atoms with van der Waals surface area (Å²) in [6, 6.07) is 0. The number of fused-ring (bicyclic) bond motifs is 2. The van der Waals surface area contributed by atoms with Crippen LogP contribution < -0.4 is 0 Å². The highest BCUT2D eigenvalue weighted by Crippen LogP contribution is 2.72. The zero-order chi connectivity index (χ0) is 24.6. The lowest BCUT2D eigenvalue weighted by Gasteiger charge is -2.69. The maximum Gasteiger partial charge on any atom is 0.130 e. The molecule has 192 valence electrons. The van der Waals surface area contributed by atoms with E-state index in [1.807, 2.05) is 0 Å². The van der Waals surface area contributed by atoms with Crippen molar-refractivity contribution in [3.05, 3.63) is 24.8 Å². The first-order chi connectivity index (χ1) is 16.0. The molecule has 4 aliphatic carbocycles. The molecule has 0 aromatic carbocycles. The minimum Gasteiger partial charge on any atom is -0.393 e. The van der Waals surface area contributed by atoms with Gasteiger partial charge in [-0.25, -0.2) is 14.7 Å². The first-order valence-corrected chi connectivity index (χ1v) is 13.7. The molecule has 0 aromatic rings. The van der Waals surface area contributed by atoms with E-state index in [1.54, 1.807) is 6.08 Å². The molecule has 3 saturated carbocycles. The van der Waals surface area contributed by atoms with Crippen LogP contribution in [0.2, 0.25) is 0 Å². The molecule has 2 bridgehead atoms. The fourth-order valence-electron chi connectivity index (χ4n) is 9.54. The summed E-state index contributed by atoms with van der Waals surface area (Å²) in [5, 5.41) is 20.1. The molecule has 6 rings (SSSR count). The minimum absolute atomic E-state index is 0.0174. The standard InChI is InChI=1S/C29H46O5/c1-7-27(32-31,19(2)3)15-10-20(4)22-8-9-23-25(22,5)13-12-24-26(6)14-11-21(30)18-28(26)16-17-29(23,24)34-33-28/h7,16-17,19-24,30-31H,1,8-15,18H2,2-6H3/t20?,21-,22+,23?,24?,25+,26+,27+,28+,29-/m0/s1. The summed E-state index contributed by atoms with van der Waals surface area (Å²) in [6.07, 6.45) is 15.1. The van der Waals surface area contributed by atoms with Gasteiger partial charge in [0.2, 0.25) is 0 Å². The first kappa shape index (κ1) is 25.0. The van der Waals surface area contributed by atoms with Crippen LogP contribution in [0.4, 0.5) is 0 Å². The van der Waals surface area contributed by atoms with Gasteiger partial charge in [0, 0.05) is 23.7 Å². The molecule has 34 heavy (non-hydrogen) atoms. The van der Waals surface area contributed by atoms with Crippen LogP contribution in [0.15, 0.2) is 24.8 Å². The fourth-order valence-corrected chi connectivity index (χ4v) is 9.54. The topological polar surface area (TPSA) is 68.2 Å². The van der Waals surface area contributed by atoms with Crippen molar-refractivity contribution in [2.24, 2.45) is 40.4 Å². The van der Waals surface area contributed by atoms with Crippen molar-refractivity contribution in [3.63, 3.8) is 0 Å². The van der Waals surface area contributed by atoms with Gasteiger partial charge in [0.05, 0.1) is 6.10 Å². The highest BCUT2D eigenvalue weighted by atomic mass is 17.2. The van der Waals surface area contributed by atoms with Crippen molar-refractivity contribution >= 4 is 0 Å². The maximum absolute atomic E-state index is 10.4. The molecule has 4 fully saturated rings. The Morgan fingerprint density at radius 3 is 2.47 bits per heavy atom. The normalized spacial score (nSPS) is 49.8. The number of aliphatic hydroxyl groups is 1. The van der Waals surface area contributed by atoms with E-state index in [-0.39, 0.29) is 28.5 Å². The van der Waals surface area contributed by atoms with E-state index < -0.39 is 11.2 Å². The summed E-state index contributed by atoms with van der Waals surface area (Å²) in [7, 11) is 0. The van der Waals surface area contributed by atoms with Crippen LogP contribution in [-0.4, -0.2) is 33.3 Å². The molecular formula is C29H46O5. The summed E-state index contributed by atoms with van der Waals surface area (Å²) in [5.41, 5.74) is -1.30. The fraction of sp³-hybridized carbons (Fsp3) is 0.862. The van der Waals surface area contributed by atoms with E-state index in [2.05, 4.69) is 53.3 Å². The van der Waals surface area contributed by atoms with Crippen LogP contribution in [0, 0.1) is 40.4 Å². The maximum atomic E-state index is 10.4. The molecule has 2 spiro atoms. The van der Waals surface area contributed by atoms with Crippen LogP contribution in [0.1, 0.15) is 92.4 Å². The lowest BCUT2D eigenvalue weighted by atomic mass is 9.42. The molecule has 1 saturated heterocycles. The first-order valence-electron chi connectivity index (χ1n) is 13.7. The summed E-state index contributed by atoms with van der Waals surface area (Å²) in [5.74, 6) is 2.17. The van der Waals surface area contributed by atoms with Crippen molar-refractivity contribution < 1.29 is 25.0 Å². The summed E-state index contributed by atoms with van der Waals surface area (Å²) in [6.45, 7) is 15.4. The van der Waals surface area contributed by atoms with Crippen molar-refractivity contribution in [3.8, 4) is 0 Å². The molecule has 2 heterocycles. The van der Waals surface area contributed by atoms with E-state index in [9.17, 15) is 10.4 Å². The predicted octanol–water partition coefficient (Wildman–Crippen LogP) is 6.48. The Kier molecular flexibility index (Phi) is 5.98. The van der Waals surface area contributed by atoms with Gasteiger partial charge in [0.1, 0.15) is 16.8 Å². The Labute approximate surface area is 205 Å². The highest BCUT2D eigenvalue weighted by molar-refractivity contribution is 5.33. The quantitative estimate of drug-likeness (QED) is 0.251. The Morgan fingerprint density at radius 2 is 1.85 bits per heavy atom. The molecular weight excluding hydrogens is 428 g/mol. The molecule has 6 aliphatic rings. The lowest BCUT2D eigenvalue weighted by molar-refractivity contribution is -0.497. The largest absolute Gasteiger partial charge is 0.393 e. The third-order valence-corrected chi connectivity index (χ3v) is 11.9. The van der Waals surface area contributed by atoms with Crippen molar-refractivity contribution in [2.45, 2.75) is 115 Å². The molecule has 5 nitrogen and oxygen atoms in total. The van der Waals surface area contributed by atoms with Crippen LogP contribution in [0.25, 0.3) is 0 Å². The van der Waals surface area contributed by atoms with E-state index in [4.69, 9.17) is 14.7 Å². The van der Waals surface area contributed by atoms with Crippen LogP contribution in [0.3, 0.4) is 0 Å². The third-order valence-electron chi connectivity index (χ3n) is 11.9. The van der Waals surface area contributed by atoms with E-state index in [0.29, 0.717) is 30.1 Å². The predicted molar refractivity (Wildman–Crippen MR) is 132 cm³/mol. The number of hydrogen-bond acceptors (Lipinski definition) is 5. The molecule has 5 heteroatoms. The zero-order valence-corrected chi connectivity index (χ0v) is 21.9. The van der Waals surface area contributed by atoms with Gasteiger partial charge in [-0.05, 0) is 80.6 Å². The monoisotopic (exact) mass is 474 g/mol. The molecule has 10 atom stereocenters. The molecule has 0 amide bonds. The van der Waals surface area contributed by atoms with Gasteiger partial charge in [0.15, 0.2) is 0 Å². The Balaban J connectivity index is 1.39. The molecule has 2 N–H and O–H groups in total. The molecule has 0 aromatic heterocycles. The van der Waals surface area contributed by atoms with Crippen LogP contribution in [0.5, 0.6) is 0 Å². The van der Waals surface area contributed by atoms with Gasteiger partial charge >= 0.3 is 0 Å². The average Bonchev–Trinajstić information content (AvgIpc) is 3.18. The summed E-state index contributed by atoms with van der Waals surface area (Å²) >= 11 is 0. The SMILES string of the molecule is C=C[C@](CCC(C)[C@H]1CCC2[C@@]34C=C[C@]5(C[C@@H](O)CC[C@]5(C)C3CC[C@@]21C)OO4)(OO)C(C)C. The zero-order valence-electron chi connectivity index (χ0n) is 21.9. The molecule has 2 aliphatic heterocycles. The van der Waals surface area contributed by atoms with Crippen molar-refractivity contribution in [1.82, 2.24) is 0 Å². The minimum atomic E-state index is -0.681. The molecule has 0 radical (unpaired) electrons. The van der Waals surface area contributed by atoms with Crippen molar-refractivity contribution in [2.75, 3.05) is 0 Å². The van der Waals surface area contributed by atoms with Gasteiger partial charge in [0.25, 0.3) is 0 Å².